The molecule has 0 aliphatic carbocycles. The summed E-state index contributed by atoms with van der Waals surface area (Å²) in [7, 11) is 0. The molecule has 23 heavy (non-hydrogen) atoms. The van der Waals surface area contributed by atoms with Crippen LogP contribution in [0.1, 0.15) is 46.5 Å². The van der Waals surface area contributed by atoms with Gasteiger partial charge in [0.2, 0.25) is 0 Å². The van der Waals surface area contributed by atoms with Crippen molar-refractivity contribution in [2.24, 2.45) is 17.8 Å². The molecule has 4 atom stereocenters. The van der Waals surface area contributed by atoms with Crippen LogP contribution in [0.25, 0.3) is 0 Å². The Kier molecular flexibility index (Phi) is 7.15. The maximum atomic E-state index is 12.1. The van der Waals surface area contributed by atoms with Gasteiger partial charge in [-0.1, -0.05) is 20.8 Å². The predicted octanol–water partition coefficient (Wildman–Crippen LogP) is 2.16. The van der Waals surface area contributed by atoms with Crippen LogP contribution in [0.5, 0.6) is 0 Å². The van der Waals surface area contributed by atoms with Gasteiger partial charge in [0.15, 0.2) is 0 Å². The van der Waals surface area contributed by atoms with Crippen molar-refractivity contribution in [2.75, 3.05) is 39.3 Å². The quantitative estimate of drug-likeness (QED) is 0.762. The number of nitrogens with zero attached hydrogens (tertiary/aromatic N) is 2. The van der Waals surface area contributed by atoms with E-state index in [-0.39, 0.29) is 12.1 Å². The van der Waals surface area contributed by atoms with Crippen LogP contribution >= 0.6 is 0 Å². The smallest absolute Gasteiger partial charge is 0.317 e. The van der Waals surface area contributed by atoms with Crippen LogP contribution in [0.4, 0.5) is 4.79 Å². The molecule has 0 radical (unpaired) electrons. The summed E-state index contributed by atoms with van der Waals surface area (Å²) in [5.74, 6) is 1.92. The number of amides is 2. The number of piperidine rings is 2. The number of unbranched alkanes of at least 4 members (excludes halogenated alkanes) is 1. The standard InChI is InChI=1S/C18H35N3O2/c1-14-10-15(2)12-20(11-14)8-5-4-7-19-18(23)21-9-6-16(3)17(22)13-21/h14-17,22H,4-13H2,1-3H3,(H,19,23). The van der Waals surface area contributed by atoms with E-state index in [9.17, 15) is 9.90 Å². The van der Waals surface area contributed by atoms with Gasteiger partial charge in [0.25, 0.3) is 0 Å². The summed E-state index contributed by atoms with van der Waals surface area (Å²) in [6, 6.07) is -0.0174. The molecule has 0 aromatic heterocycles. The van der Waals surface area contributed by atoms with Crippen molar-refractivity contribution < 1.29 is 9.90 Å². The molecule has 0 bridgehead atoms. The van der Waals surface area contributed by atoms with E-state index in [4.69, 9.17) is 0 Å². The number of aliphatic hydroxyl groups is 1. The highest BCUT2D eigenvalue weighted by molar-refractivity contribution is 5.74. The molecule has 2 saturated heterocycles. The lowest BCUT2D eigenvalue weighted by molar-refractivity contribution is 0.0436. The summed E-state index contributed by atoms with van der Waals surface area (Å²) in [6.07, 6.45) is 4.03. The minimum atomic E-state index is -0.377. The lowest BCUT2D eigenvalue weighted by Gasteiger charge is -2.35. The number of urea groups is 1. The Bertz CT molecular complexity index is 367. The number of aliphatic hydroxyl groups excluding tert-OH is 1. The van der Waals surface area contributed by atoms with E-state index < -0.39 is 0 Å². The Labute approximate surface area is 141 Å². The van der Waals surface area contributed by atoms with Crippen LogP contribution in [0.3, 0.4) is 0 Å². The molecule has 0 saturated carbocycles. The summed E-state index contributed by atoms with van der Waals surface area (Å²) in [6.45, 7) is 12.3. The van der Waals surface area contributed by atoms with Crippen LogP contribution < -0.4 is 5.32 Å². The second kappa shape index (κ2) is 8.88. The van der Waals surface area contributed by atoms with Gasteiger partial charge in [-0.2, -0.15) is 0 Å². The Hall–Kier alpha value is -0.810. The number of hydrogen-bond donors (Lipinski definition) is 2. The summed E-state index contributed by atoms with van der Waals surface area (Å²) in [5, 5.41) is 12.9. The maximum absolute atomic E-state index is 12.1. The molecule has 4 unspecified atom stereocenters. The van der Waals surface area contributed by atoms with Crippen molar-refractivity contribution in [3.05, 3.63) is 0 Å². The number of carbonyl (C=O) groups excluding carboxylic acids is 1. The maximum Gasteiger partial charge on any atom is 0.317 e. The van der Waals surface area contributed by atoms with Crippen molar-refractivity contribution in [2.45, 2.75) is 52.6 Å². The van der Waals surface area contributed by atoms with Crippen molar-refractivity contribution in [3.8, 4) is 0 Å². The molecule has 0 spiro atoms. The van der Waals surface area contributed by atoms with E-state index in [0.29, 0.717) is 12.5 Å². The van der Waals surface area contributed by atoms with Crippen LogP contribution in [-0.2, 0) is 0 Å². The third-order valence-electron chi connectivity index (χ3n) is 5.33. The van der Waals surface area contributed by atoms with Gasteiger partial charge in [-0.15, -0.1) is 0 Å². The molecule has 2 N–H and O–H groups in total. The monoisotopic (exact) mass is 325 g/mol. The molecule has 2 aliphatic heterocycles. The largest absolute Gasteiger partial charge is 0.391 e. The highest BCUT2D eigenvalue weighted by atomic mass is 16.3. The third kappa shape index (κ3) is 5.96. The number of hydrogen-bond acceptors (Lipinski definition) is 3. The van der Waals surface area contributed by atoms with Crippen molar-refractivity contribution in [1.82, 2.24) is 15.1 Å². The Morgan fingerprint density at radius 1 is 1.13 bits per heavy atom. The fraction of sp³-hybridized carbons (Fsp3) is 0.944. The zero-order chi connectivity index (χ0) is 16.8. The Morgan fingerprint density at radius 2 is 1.83 bits per heavy atom. The average Bonchev–Trinajstić information content (AvgIpc) is 2.48. The third-order valence-corrected chi connectivity index (χ3v) is 5.33. The molecule has 2 rings (SSSR count). The second-order valence-corrected chi connectivity index (χ2v) is 7.92. The van der Waals surface area contributed by atoms with E-state index in [2.05, 4.69) is 24.1 Å². The van der Waals surface area contributed by atoms with Gasteiger partial charge in [-0.25, -0.2) is 4.79 Å². The zero-order valence-electron chi connectivity index (χ0n) is 15.1. The lowest BCUT2D eigenvalue weighted by Crippen LogP contribution is -2.49. The lowest BCUT2D eigenvalue weighted by atomic mass is 9.92. The molecule has 134 valence electrons. The molecule has 5 heteroatoms. The van der Waals surface area contributed by atoms with Crippen molar-refractivity contribution in [3.63, 3.8) is 0 Å². The topological polar surface area (TPSA) is 55.8 Å². The van der Waals surface area contributed by atoms with Gasteiger partial charge in [0.1, 0.15) is 0 Å². The van der Waals surface area contributed by atoms with Crippen molar-refractivity contribution >= 4 is 6.03 Å². The molecule has 2 aliphatic rings. The minimum absolute atomic E-state index is 0.0174. The highest BCUT2D eigenvalue weighted by Gasteiger charge is 2.27. The number of rotatable bonds is 5. The first kappa shape index (κ1) is 18.5. The Balaban J connectivity index is 1.56. The van der Waals surface area contributed by atoms with E-state index in [1.807, 2.05) is 6.92 Å². The first-order valence-electron chi connectivity index (χ1n) is 9.39. The summed E-state index contributed by atoms with van der Waals surface area (Å²) in [4.78, 5) is 16.4. The van der Waals surface area contributed by atoms with Crippen molar-refractivity contribution in [1.29, 1.82) is 0 Å². The molecule has 0 aromatic carbocycles. The van der Waals surface area contributed by atoms with Crippen LogP contribution in [0.15, 0.2) is 0 Å². The van der Waals surface area contributed by atoms with E-state index >= 15 is 0 Å². The van der Waals surface area contributed by atoms with Gasteiger partial charge < -0.3 is 20.2 Å². The fourth-order valence-electron chi connectivity index (χ4n) is 3.98. The zero-order valence-corrected chi connectivity index (χ0v) is 15.1. The molecule has 2 heterocycles. The number of nitrogens with one attached hydrogen (secondary N) is 1. The predicted molar refractivity (Wildman–Crippen MR) is 93.4 cm³/mol. The number of likely N-dealkylation sites (tertiary alicyclic amines) is 2. The summed E-state index contributed by atoms with van der Waals surface area (Å²) in [5.41, 5.74) is 0. The van der Waals surface area contributed by atoms with Crippen LogP contribution in [0, 0.1) is 17.8 Å². The van der Waals surface area contributed by atoms with Gasteiger partial charge in [0, 0.05) is 32.7 Å². The molecule has 2 fully saturated rings. The molecular weight excluding hydrogens is 290 g/mol. The van der Waals surface area contributed by atoms with Gasteiger partial charge in [0.05, 0.1) is 6.10 Å². The van der Waals surface area contributed by atoms with E-state index in [1.54, 1.807) is 4.90 Å². The molecular formula is C18H35N3O2. The van der Waals surface area contributed by atoms with Gasteiger partial charge in [-0.3, -0.25) is 0 Å². The summed E-state index contributed by atoms with van der Waals surface area (Å²) >= 11 is 0. The first-order chi connectivity index (χ1) is 11.0. The summed E-state index contributed by atoms with van der Waals surface area (Å²) < 4.78 is 0. The minimum Gasteiger partial charge on any atom is -0.391 e. The number of β-amino-alcohol motifs (C(OH)–C–C–N with tert-alkyl or cyclic N) is 1. The molecule has 2 amide bonds. The van der Waals surface area contributed by atoms with E-state index in [0.717, 1.165) is 50.7 Å². The van der Waals surface area contributed by atoms with Crippen LogP contribution in [-0.4, -0.2) is 66.3 Å². The van der Waals surface area contributed by atoms with Gasteiger partial charge in [-0.05, 0) is 50.0 Å². The highest BCUT2D eigenvalue weighted by Crippen LogP contribution is 2.21. The van der Waals surface area contributed by atoms with Crippen LogP contribution in [0.2, 0.25) is 0 Å². The average molecular weight is 325 g/mol. The Morgan fingerprint density at radius 3 is 2.48 bits per heavy atom. The molecule has 5 nitrogen and oxygen atoms in total. The SMILES string of the molecule is CC1CC(C)CN(CCCCNC(=O)N2CCC(C)C(O)C2)C1. The van der Waals surface area contributed by atoms with Gasteiger partial charge >= 0.3 is 6.03 Å². The fourth-order valence-corrected chi connectivity index (χ4v) is 3.98. The molecule has 0 aromatic rings. The second-order valence-electron chi connectivity index (χ2n) is 7.92. The normalized spacial score (nSPS) is 32.8. The van der Waals surface area contributed by atoms with E-state index in [1.165, 1.54) is 19.5 Å². The number of carbonyl (C=O) groups is 1. The first-order valence-corrected chi connectivity index (χ1v) is 9.39.